The van der Waals surface area contributed by atoms with E-state index in [0.717, 1.165) is 5.56 Å². The largest absolute Gasteiger partial charge is 0.412 e. The van der Waals surface area contributed by atoms with Crippen LogP contribution in [-0.4, -0.2) is 12.1 Å². The molecule has 14 heavy (non-hydrogen) atoms. The Bertz CT molecular complexity index is 304. The second kappa shape index (κ2) is 4.65. The van der Waals surface area contributed by atoms with Crippen LogP contribution in [0.25, 0.3) is 0 Å². The van der Waals surface area contributed by atoms with E-state index in [1.165, 1.54) is 0 Å². The molecule has 0 aliphatic carbocycles. The Kier molecular flexibility index (Phi) is 3.51. The minimum Gasteiger partial charge on any atom is -0.410 e. The Hall–Kier alpha value is -1.51. The van der Waals surface area contributed by atoms with Crippen molar-refractivity contribution in [3.8, 4) is 5.75 Å². The van der Waals surface area contributed by atoms with Gasteiger partial charge in [-0.25, -0.2) is 4.79 Å². The Morgan fingerprint density at radius 3 is 2.43 bits per heavy atom. The van der Waals surface area contributed by atoms with Crippen molar-refractivity contribution in [3.05, 3.63) is 36.8 Å². The van der Waals surface area contributed by atoms with Gasteiger partial charge in [-0.05, 0) is 38.5 Å². The molecule has 1 rings (SSSR count). The minimum atomic E-state index is -0.434. The Labute approximate surface area is 84.1 Å². The summed E-state index contributed by atoms with van der Waals surface area (Å²) in [6.07, 6.45) is -0.434. The van der Waals surface area contributed by atoms with E-state index >= 15 is 0 Å². The monoisotopic (exact) mass is 192 g/mol. The molecule has 1 radical (unpaired) electrons. The third kappa shape index (κ3) is 3.47. The molecule has 0 heterocycles. The van der Waals surface area contributed by atoms with Crippen molar-refractivity contribution < 1.29 is 9.53 Å². The third-order valence-electron chi connectivity index (χ3n) is 1.54. The van der Waals surface area contributed by atoms with Crippen molar-refractivity contribution in [2.24, 2.45) is 0 Å². The van der Waals surface area contributed by atoms with Gasteiger partial charge in [-0.2, -0.15) is 0 Å². The van der Waals surface area contributed by atoms with E-state index in [2.05, 4.69) is 12.2 Å². The Morgan fingerprint density at radius 2 is 1.93 bits per heavy atom. The normalized spacial score (nSPS) is 10.0. The van der Waals surface area contributed by atoms with Crippen LogP contribution >= 0.6 is 0 Å². The number of hydrogen-bond acceptors (Lipinski definition) is 2. The first-order valence-electron chi connectivity index (χ1n) is 4.48. The van der Waals surface area contributed by atoms with E-state index in [4.69, 9.17) is 4.74 Å². The van der Waals surface area contributed by atoms with Crippen molar-refractivity contribution >= 4 is 6.09 Å². The fraction of sp³-hybridized carbons (Fsp3) is 0.273. The predicted molar refractivity (Wildman–Crippen MR) is 55.2 cm³/mol. The maximum absolute atomic E-state index is 11.2. The molecule has 0 fully saturated rings. The van der Waals surface area contributed by atoms with Gasteiger partial charge in [0.25, 0.3) is 0 Å². The van der Waals surface area contributed by atoms with Crippen LogP contribution in [0.15, 0.2) is 24.3 Å². The molecule has 1 amide bonds. The van der Waals surface area contributed by atoms with Crippen LogP contribution in [0.1, 0.15) is 19.4 Å². The number of amides is 1. The molecule has 1 N–H and O–H groups in total. The smallest absolute Gasteiger partial charge is 0.410 e. The zero-order valence-electron chi connectivity index (χ0n) is 8.41. The molecule has 0 spiro atoms. The van der Waals surface area contributed by atoms with Gasteiger partial charge in [0.05, 0.1) is 0 Å². The molecular weight excluding hydrogens is 178 g/mol. The summed E-state index contributed by atoms with van der Waals surface area (Å²) >= 11 is 0. The fourth-order valence-electron chi connectivity index (χ4n) is 0.930. The first kappa shape index (κ1) is 10.6. The van der Waals surface area contributed by atoms with Gasteiger partial charge in [-0.3, -0.25) is 0 Å². The first-order valence-corrected chi connectivity index (χ1v) is 4.48. The molecule has 75 valence electrons. The standard InChI is InChI=1S/C11H14NO2/c1-8(2)12-11(13)14-10-6-4-9(3)5-7-10/h4-8H,3H2,1-2H3,(H,12,13). The van der Waals surface area contributed by atoms with Gasteiger partial charge in [0.15, 0.2) is 0 Å². The van der Waals surface area contributed by atoms with Gasteiger partial charge in [-0.15, -0.1) is 0 Å². The molecule has 0 atom stereocenters. The molecule has 0 saturated carbocycles. The van der Waals surface area contributed by atoms with E-state index in [9.17, 15) is 4.79 Å². The van der Waals surface area contributed by atoms with Gasteiger partial charge in [0.1, 0.15) is 5.75 Å². The van der Waals surface area contributed by atoms with E-state index in [-0.39, 0.29) is 6.04 Å². The highest BCUT2D eigenvalue weighted by atomic mass is 16.6. The summed E-state index contributed by atoms with van der Waals surface area (Å²) in [5.74, 6) is 0.524. The lowest BCUT2D eigenvalue weighted by Gasteiger charge is -2.08. The van der Waals surface area contributed by atoms with Gasteiger partial charge >= 0.3 is 6.09 Å². The van der Waals surface area contributed by atoms with Gasteiger partial charge in [-0.1, -0.05) is 12.1 Å². The molecule has 0 aliphatic heterocycles. The van der Waals surface area contributed by atoms with Crippen LogP contribution in [0.4, 0.5) is 4.79 Å². The number of benzene rings is 1. The van der Waals surface area contributed by atoms with Gasteiger partial charge in [0, 0.05) is 6.04 Å². The molecule has 0 aliphatic rings. The second-order valence-corrected chi connectivity index (χ2v) is 3.33. The van der Waals surface area contributed by atoms with Crippen molar-refractivity contribution in [1.82, 2.24) is 5.32 Å². The summed E-state index contributed by atoms with van der Waals surface area (Å²) < 4.78 is 5.00. The zero-order chi connectivity index (χ0) is 10.6. The molecule has 1 aromatic rings. The van der Waals surface area contributed by atoms with Gasteiger partial charge < -0.3 is 10.1 Å². The minimum absolute atomic E-state index is 0.0783. The third-order valence-corrected chi connectivity index (χ3v) is 1.54. The molecule has 3 nitrogen and oxygen atoms in total. The highest BCUT2D eigenvalue weighted by Crippen LogP contribution is 2.11. The maximum atomic E-state index is 11.2. The van der Waals surface area contributed by atoms with Crippen LogP contribution < -0.4 is 10.1 Å². The molecule has 3 heteroatoms. The summed E-state index contributed by atoms with van der Waals surface area (Å²) in [7, 11) is 0. The summed E-state index contributed by atoms with van der Waals surface area (Å²) in [5.41, 5.74) is 0.890. The number of carbonyl (C=O) groups excluding carboxylic acids is 1. The number of hydrogen-bond donors (Lipinski definition) is 1. The van der Waals surface area contributed by atoms with Gasteiger partial charge in [0.2, 0.25) is 0 Å². The summed E-state index contributed by atoms with van der Waals surface area (Å²) in [6.45, 7) is 7.48. The van der Waals surface area contributed by atoms with Crippen LogP contribution in [-0.2, 0) is 0 Å². The molecule has 0 unspecified atom stereocenters. The summed E-state index contributed by atoms with van der Waals surface area (Å²) in [4.78, 5) is 11.2. The molecule has 0 saturated heterocycles. The van der Waals surface area contributed by atoms with E-state index in [1.54, 1.807) is 24.3 Å². The Morgan fingerprint density at radius 1 is 1.36 bits per heavy atom. The fourth-order valence-corrected chi connectivity index (χ4v) is 0.930. The number of nitrogens with one attached hydrogen (secondary N) is 1. The van der Waals surface area contributed by atoms with Crippen LogP contribution in [0.2, 0.25) is 0 Å². The summed E-state index contributed by atoms with van der Waals surface area (Å²) in [6, 6.07) is 7.08. The van der Waals surface area contributed by atoms with Crippen molar-refractivity contribution in [2.75, 3.05) is 0 Å². The predicted octanol–water partition coefficient (Wildman–Crippen LogP) is 2.37. The molecule has 0 bridgehead atoms. The lowest BCUT2D eigenvalue weighted by atomic mass is 10.2. The van der Waals surface area contributed by atoms with Crippen LogP contribution in [0, 0.1) is 6.92 Å². The van der Waals surface area contributed by atoms with E-state index < -0.39 is 6.09 Å². The molecular formula is C11H14NO2. The van der Waals surface area contributed by atoms with Crippen molar-refractivity contribution in [1.29, 1.82) is 0 Å². The lowest BCUT2D eigenvalue weighted by Crippen LogP contribution is -2.32. The van der Waals surface area contributed by atoms with Crippen LogP contribution in [0.5, 0.6) is 5.75 Å². The topological polar surface area (TPSA) is 38.3 Å². The molecule has 0 aromatic heterocycles. The average molecular weight is 192 g/mol. The molecule has 1 aromatic carbocycles. The van der Waals surface area contributed by atoms with Crippen molar-refractivity contribution in [2.45, 2.75) is 19.9 Å². The SMILES string of the molecule is [CH2]c1ccc(OC(=O)NC(C)C)cc1. The zero-order valence-corrected chi connectivity index (χ0v) is 8.41. The van der Waals surface area contributed by atoms with Crippen LogP contribution in [0.3, 0.4) is 0 Å². The highest BCUT2D eigenvalue weighted by Gasteiger charge is 2.04. The number of rotatable bonds is 2. The van der Waals surface area contributed by atoms with E-state index in [0.29, 0.717) is 5.75 Å². The first-order chi connectivity index (χ1) is 6.58. The summed E-state index contributed by atoms with van der Waals surface area (Å²) in [5, 5.41) is 2.63. The Balaban J connectivity index is 2.52. The lowest BCUT2D eigenvalue weighted by molar-refractivity contribution is 0.198. The average Bonchev–Trinajstić information content (AvgIpc) is 2.07. The second-order valence-electron chi connectivity index (χ2n) is 3.33. The number of ether oxygens (including phenoxy) is 1. The highest BCUT2D eigenvalue weighted by molar-refractivity contribution is 5.70. The maximum Gasteiger partial charge on any atom is 0.412 e. The quantitative estimate of drug-likeness (QED) is 0.781. The van der Waals surface area contributed by atoms with E-state index in [1.807, 2.05) is 13.8 Å². The number of carbonyl (C=O) groups is 1. The van der Waals surface area contributed by atoms with Crippen molar-refractivity contribution in [3.63, 3.8) is 0 Å².